The number of hydrogen-bond donors (Lipinski definition) is 12. The molecule has 2 aliphatic heterocycles. The van der Waals surface area contributed by atoms with Gasteiger partial charge in [0.1, 0.15) is 18.0 Å². The first-order valence-corrected chi connectivity index (χ1v) is 30.7. The molecule has 8 rings (SSSR count). The van der Waals surface area contributed by atoms with Gasteiger partial charge in [-0.25, -0.2) is 0 Å². The van der Waals surface area contributed by atoms with Crippen LogP contribution in [0.1, 0.15) is 143 Å². The van der Waals surface area contributed by atoms with Gasteiger partial charge in [0.2, 0.25) is 5.91 Å². The minimum Gasteiger partial charge on any atom is -0.508 e. The lowest BCUT2D eigenvalue weighted by atomic mass is 9.52. The molecule has 4 aromatic rings. The van der Waals surface area contributed by atoms with Crippen molar-refractivity contribution in [3.05, 3.63) is 195 Å². The molecule has 0 radical (unpaired) electrons. The number of amides is 1. The number of phenols is 1. The molecule has 2 aliphatic carbocycles. The predicted molar refractivity (Wildman–Crippen MR) is 337 cm³/mol. The fourth-order valence-electron chi connectivity index (χ4n) is 14.5. The number of carbonyl (C=O) groups is 2. The number of nitrogens with zero attached hydrogens (tertiary/aromatic N) is 1. The van der Waals surface area contributed by atoms with E-state index < -0.39 is 71.1 Å². The Hall–Kier alpha value is -6.53. The highest BCUT2D eigenvalue weighted by Crippen LogP contribution is 2.63. The second-order valence-electron chi connectivity index (χ2n) is 24.7. The monoisotopic (exact) mass is 1160 g/mol. The number of hydrogen-bond acceptors (Lipinski definition) is 12. The summed E-state index contributed by atoms with van der Waals surface area (Å²) in [6.45, 7) is 12.8. The molecule has 4 aliphatic rings. The maximum Gasteiger partial charge on any atom is 0.243 e. The highest BCUT2D eigenvalue weighted by Gasteiger charge is 2.64. The Bertz CT molecular complexity index is 3110. The van der Waals surface area contributed by atoms with Crippen molar-refractivity contribution in [3.63, 3.8) is 0 Å². The van der Waals surface area contributed by atoms with E-state index >= 15 is 4.79 Å². The van der Waals surface area contributed by atoms with Crippen molar-refractivity contribution in [2.45, 2.75) is 159 Å². The molecule has 2 saturated carbocycles. The number of β-amino-alcohol motifs (C(OH)–C–C–N with tert-alkyl or cyclic N) is 1. The van der Waals surface area contributed by atoms with Crippen molar-refractivity contribution in [3.8, 4) is 5.75 Å². The zero-order valence-corrected chi connectivity index (χ0v) is 50.2. The van der Waals surface area contributed by atoms with Crippen LogP contribution in [-0.4, -0.2) is 104 Å². The lowest BCUT2D eigenvalue weighted by Crippen LogP contribution is -2.59. The van der Waals surface area contributed by atoms with Crippen LogP contribution in [-0.2, 0) is 35.3 Å². The molecule has 15 heteroatoms. The standard InChI is InChI=1S/C70H93N7O8/c1-6-74-60(31-24-43(2)14-10-18-46-16-8-7-9-17-46)44(3)15-11-22-51(42-78)55-33-35-70(65(55)83)59-30-29-53(80)37-47-19-12-20-48(36-47)38-57(58(40-76-68(72)73)49-25-27-52(79)28-26-49)62(82)41-75-64-63-50(21-13-23-56(63)66(71)77-67(64)84)39-61(81)45(4)54(59)32-34-69(70,5)85/h7-9,11-13,15-17,19-28,36,53,55,57-60,62,64-66,74-75,78-80,82-83,85H,3,6,10,14,18,29-35,37-42,71H2,1-2,4-5H3,(H,77,84)(H4,72,73,76)/b15-11+,43-24-,51-22-,54-45?/t53-,55+,57+,58+,59+,60-,62+,64+,65+,66-,69+,70+/m0/s1. The molecular weight excluding hydrogens is 1070 g/mol. The van der Waals surface area contributed by atoms with E-state index in [1.54, 1.807) is 31.2 Å². The average Bonchev–Trinajstić information content (AvgIpc) is 1.71. The Labute approximate surface area is 503 Å². The summed E-state index contributed by atoms with van der Waals surface area (Å²) < 4.78 is 0. The van der Waals surface area contributed by atoms with Crippen LogP contribution in [0.3, 0.4) is 0 Å². The van der Waals surface area contributed by atoms with Crippen molar-refractivity contribution in [2.75, 3.05) is 26.2 Å². The van der Waals surface area contributed by atoms with Crippen LogP contribution in [0, 0.1) is 23.2 Å². The summed E-state index contributed by atoms with van der Waals surface area (Å²) >= 11 is 0. The number of aliphatic imine (C=N–C) groups is 1. The molecule has 12 atom stereocenters. The van der Waals surface area contributed by atoms with Crippen LogP contribution in [0.2, 0.25) is 0 Å². The van der Waals surface area contributed by atoms with Gasteiger partial charge in [0.05, 0.1) is 30.5 Å². The zero-order valence-electron chi connectivity index (χ0n) is 50.2. The quantitative estimate of drug-likeness (QED) is 0.0208. The number of nitrogens with one attached hydrogen (secondary N) is 3. The summed E-state index contributed by atoms with van der Waals surface area (Å²) in [6, 6.07) is 29.6. The molecule has 2 bridgehead atoms. The normalized spacial score (nSPS) is 27.9. The van der Waals surface area contributed by atoms with Gasteiger partial charge in [0.15, 0.2) is 11.7 Å². The Morgan fingerprint density at radius 3 is 2.39 bits per heavy atom. The molecule has 2 heterocycles. The first-order chi connectivity index (χ1) is 40.7. The molecule has 0 saturated heterocycles. The third-order valence-corrected chi connectivity index (χ3v) is 19.2. The third kappa shape index (κ3) is 15.4. The second-order valence-corrected chi connectivity index (χ2v) is 24.7. The number of benzene rings is 4. The molecular formula is C70H93N7O8. The van der Waals surface area contributed by atoms with Gasteiger partial charge in [-0.1, -0.05) is 134 Å². The van der Waals surface area contributed by atoms with Crippen LogP contribution >= 0.6 is 0 Å². The molecule has 456 valence electrons. The van der Waals surface area contributed by atoms with E-state index in [9.17, 15) is 35.4 Å². The van der Waals surface area contributed by atoms with E-state index in [1.165, 1.54) is 11.1 Å². The Morgan fingerprint density at radius 2 is 1.67 bits per heavy atom. The first-order valence-electron chi connectivity index (χ1n) is 30.7. The number of aliphatic hydroxyl groups is 5. The highest BCUT2D eigenvalue weighted by molar-refractivity contribution is 5.98. The highest BCUT2D eigenvalue weighted by atomic mass is 16.3. The first kappa shape index (κ1) is 64.5. The molecule has 15 N–H and O–H groups in total. The smallest absolute Gasteiger partial charge is 0.243 e. The molecule has 2 fully saturated rings. The SMILES string of the molecule is C=C(/C=C/C=C(/CO)[C@H]1CC[C@@]2([C@@H]3CC[C@H](O)Cc4cccc(c4)C[C@H]([C@H](CN=C(N)N)c4ccc(O)cc4)[C@H](O)CN[C@H]4C(=O)N[C@H](N)c5cccc(c54)CC(=O)C(C)=C3CC[C@@]2(C)O)[C@@H]1O)[C@H](C/C=C(/C)CCCc1ccccc1)NCC. The van der Waals surface area contributed by atoms with Gasteiger partial charge >= 0.3 is 0 Å². The van der Waals surface area contributed by atoms with E-state index in [0.717, 1.165) is 60.1 Å². The Morgan fingerprint density at radius 1 is 0.941 bits per heavy atom. The number of nitrogens with two attached hydrogens (primary N) is 3. The Kier molecular flexibility index (Phi) is 22.2. The molecule has 1 spiro atoms. The van der Waals surface area contributed by atoms with E-state index in [4.69, 9.17) is 17.2 Å². The van der Waals surface area contributed by atoms with Crippen molar-refractivity contribution in [1.29, 1.82) is 0 Å². The number of ketones is 1. The van der Waals surface area contributed by atoms with Gasteiger partial charge in [0, 0.05) is 42.8 Å². The van der Waals surface area contributed by atoms with Gasteiger partial charge in [-0.15, -0.1) is 0 Å². The number of fused-ring (bicyclic) bond motifs is 4. The molecule has 4 aromatic carbocycles. The number of aromatic hydroxyl groups is 1. The largest absolute Gasteiger partial charge is 0.508 e. The maximum atomic E-state index is 15.2. The summed E-state index contributed by atoms with van der Waals surface area (Å²) in [6.07, 6.45) is 10.7. The fraction of sp³-hybridized carbons (Fsp3) is 0.471. The maximum absolute atomic E-state index is 15.2. The number of likely N-dealkylation sites (N-methyl/N-ethyl adjacent to an activating group) is 1. The molecule has 0 unspecified atom stereocenters. The topological polar surface area (TPSA) is 282 Å². The van der Waals surface area contributed by atoms with Crippen LogP contribution in [0.25, 0.3) is 0 Å². The van der Waals surface area contributed by atoms with Crippen LogP contribution < -0.4 is 33.2 Å². The minimum atomic E-state index is -1.40. The molecule has 1 amide bonds. The summed E-state index contributed by atoms with van der Waals surface area (Å²) in [4.78, 5) is 33.8. The second kappa shape index (κ2) is 29.2. The van der Waals surface area contributed by atoms with Gasteiger partial charge < -0.3 is 58.5 Å². The van der Waals surface area contributed by atoms with E-state index in [0.29, 0.717) is 59.9 Å². The summed E-state index contributed by atoms with van der Waals surface area (Å²) in [5.41, 5.74) is 25.7. The van der Waals surface area contributed by atoms with Crippen molar-refractivity contribution in [2.24, 2.45) is 45.4 Å². The fourth-order valence-corrected chi connectivity index (χ4v) is 14.5. The Balaban J connectivity index is 1.12. The lowest BCUT2D eigenvalue weighted by Gasteiger charge is -2.56. The predicted octanol–water partition coefficient (Wildman–Crippen LogP) is 7.80. The van der Waals surface area contributed by atoms with Gasteiger partial charge in [-0.3, -0.25) is 19.9 Å². The number of rotatable bonds is 17. The summed E-state index contributed by atoms with van der Waals surface area (Å²) in [5.74, 6) is -2.75. The van der Waals surface area contributed by atoms with E-state index in [-0.39, 0.29) is 68.9 Å². The van der Waals surface area contributed by atoms with Crippen molar-refractivity contribution < 1.29 is 40.2 Å². The number of aryl methyl sites for hydroxylation is 1. The van der Waals surface area contributed by atoms with Crippen LogP contribution in [0.5, 0.6) is 5.75 Å². The third-order valence-electron chi connectivity index (χ3n) is 19.2. The number of Topliss-reactive ketones (excluding diaryl/α,β-unsaturated/α-hetero) is 1. The van der Waals surface area contributed by atoms with Gasteiger partial charge in [-0.2, -0.15) is 0 Å². The van der Waals surface area contributed by atoms with Gasteiger partial charge in [-0.05, 0) is 184 Å². The number of allylic oxidation sites excluding steroid dienone is 5. The molecule has 15 nitrogen and oxygen atoms in total. The summed E-state index contributed by atoms with van der Waals surface area (Å²) in [7, 11) is 0. The number of guanidine groups is 1. The molecule has 85 heavy (non-hydrogen) atoms. The van der Waals surface area contributed by atoms with Crippen LogP contribution in [0.4, 0.5) is 0 Å². The van der Waals surface area contributed by atoms with E-state index in [1.807, 2.05) is 73.7 Å². The van der Waals surface area contributed by atoms with Gasteiger partial charge in [0.25, 0.3) is 0 Å². The van der Waals surface area contributed by atoms with Crippen molar-refractivity contribution >= 4 is 17.6 Å². The number of aliphatic hydroxyl groups excluding tert-OH is 4. The zero-order chi connectivity index (χ0) is 61.0. The number of phenolic OH excluding ortho intramolecular Hbond substituents is 1. The average molecular weight is 1160 g/mol. The van der Waals surface area contributed by atoms with Crippen LogP contribution in [0.15, 0.2) is 161 Å². The van der Waals surface area contributed by atoms with E-state index in [2.05, 4.69) is 71.7 Å². The number of carbonyl (C=O) groups excluding carboxylic acids is 2. The summed E-state index contributed by atoms with van der Waals surface area (Å²) in [5, 5.41) is 81.7. The van der Waals surface area contributed by atoms with Crippen molar-refractivity contribution in [1.82, 2.24) is 16.0 Å². The lowest BCUT2D eigenvalue weighted by molar-refractivity contribution is -0.168. The molecule has 0 aromatic heterocycles. The minimum absolute atomic E-state index is 0.00184.